The van der Waals surface area contributed by atoms with E-state index < -0.39 is 10.7 Å². The molecule has 0 aliphatic heterocycles. The van der Waals surface area contributed by atoms with Gasteiger partial charge in [-0.3, -0.25) is 15.1 Å². The molecule has 96 valence electrons. The lowest BCUT2D eigenvalue weighted by molar-refractivity contribution is -0.385. The molecule has 0 fully saturated rings. The van der Waals surface area contributed by atoms with Gasteiger partial charge in [-0.1, -0.05) is 11.6 Å². The topological polar surface area (TPSA) is 55.5 Å². The lowest BCUT2D eigenvalue weighted by Crippen LogP contribution is -1.95. The summed E-state index contributed by atoms with van der Waals surface area (Å²) in [6.07, 6.45) is 1.32. The summed E-state index contributed by atoms with van der Waals surface area (Å²) >= 11 is 5.73. The van der Waals surface area contributed by atoms with Crippen molar-refractivity contribution in [3.8, 4) is 0 Å². The Labute approximate surface area is 113 Å². The molecule has 2 aromatic carbocycles. The van der Waals surface area contributed by atoms with Gasteiger partial charge in [-0.05, 0) is 36.4 Å². The number of benzene rings is 2. The van der Waals surface area contributed by atoms with Crippen molar-refractivity contribution >= 4 is 29.2 Å². The van der Waals surface area contributed by atoms with Crippen molar-refractivity contribution in [1.82, 2.24) is 0 Å². The molecule has 4 nitrogen and oxygen atoms in total. The van der Waals surface area contributed by atoms with Crippen LogP contribution in [-0.2, 0) is 0 Å². The highest BCUT2D eigenvalue weighted by atomic mass is 35.5. The van der Waals surface area contributed by atoms with Gasteiger partial charge in [0, 0.05) is 11.2 Å². The number of halogens is 2. The summed E-state index contributed by atoms with van der Waals surface area (Å²) in [7, 11) is 0. The van der Waals surface area contributed by atoms with Crippen molar-refractivity contribution in [2.75, 3.05) is 0 Å². The zero-order chi connectivity index (χ0) is 13.8. The van der Waals surface area contributed by atoms with Crippen LogP contribution in [0.25, 0.3) is 0 Å². The van der Waals surface area contributed by atoms with E-state index in [1.54, 1.807) is 24.3 Å². The molecule has 0 unspecified atom stereocenters. The molecule has 2 aromatic rings. The van der Waals surface area contributed by atoms with E-state index in [1.165, 1.54) is 12.3 Å². The second kappa shape index (κ2) is 5.58. The van der Waals surface area contributed by atoms with Crippen LogP contribution in [0.2, 0.25) is 5.02 Å². The summed E-state index contributed by atoms with van der Waals surface area (Å²) in [4.78, 5) is 14.2. The van der Waals surface area contributed by atoms with Gasteiger partial charge in [0.1, 0.15) is 5.82 Å². The zero-order valence-corrected chi connectivity index (χ0v) is 10.3. The maximum Gasteiger partial charge on any atom is 0.281 e. The molecule has 0 bridgehead atoms. The van der Waals surface area contributed by atoms with E-state index in [0.717, 1.165) is 12.1 Å². The van der Waals surface area contributed by atoms with Crippen molar-refractivity contribution in [3.05, 3.63) is 69.0 Å². The Bertz CT molecular complexity index is 642. The van der Waals surface area contributed by atoms with Gasteiger partial charge in [0.05, 0.1) is 22.2 Å². The molecule has 0 atom stereocenters. The van der Waals surface area contributed by atoms with Crippen molar-refractivity contribution < 1.29 is 9.31 Å². The number of aliphatic imine (C=N–C) groups is 1. The third-order valence-electron chi connectivity index (χ3n) is 2.37. The van der Waals surface area contributed by atoms with Gasteiger partial charge < -0.3 is 0 Å². The van der Waals surface area contributed by atoms with E-state index in [2.05, 4.69) is 4.99 Å². The fourth-order valence-electron chi connectivity index (χ4n) is 1.46. The molecule has 0 saturated heterocycles. The van der Waals surface area contributed by atoms with Gasteiger partial charge in [-0.15, -0.1) is 0 Å². The van der Waals surface area contributed by atoms with Crippen LogP contribution in [0.3, 0.4) is 0 Å². The number of nitrogens with zero attached hydrogens (tertiary/aromatic N) is 2. The highest BCUT2D eigenvalue weighted by Gasteiger charge is 2.12. The summed E-state index contributed by atoms with van der Waals surface area (Å²) in [5.41, 5.74) is 0.516. The molecule has 19 heavy (non-hydrogen) atoms. The Hall–Kier alpha value is -2.27. The van der Waals surface area contributed by atoms with Gasteiger partial charge in [-0.25, -0.2) is 4.39 Å². The van der Waals surface area contributed by atoms with Crippen molar-refractivity contribution in [1.29, 1.82) is 0 Å². The number of rotatable bonds is 3. The molecule has 0 saturated carbocycles. The van der Waals surface area contributed by atoms with Gasteiger partial charge in [-0.2, -0.15) is 0 Å². The van der Waals surface area contributed by atoms with Crippen LogP contribution in [-0.4, -0.2) is 11.1 Å². The smallest absolute Gasteiger partial charge is 0.258 e. The lowest BCUT2D eigenvalue weighted by atomic mass is 10.2. The minimum Gasteiger partial charge on any atom is -0.258 e. The summed E-state index contributed by atoms with van der Waals surface area (Å²) < 4.78 is 13.0. The highest BCUT2D eigenvalue weighted by molar-refractivity contribution is 6.30. The van der Waals surface area contributed by atoms with E-state index in [1.807, 2.05) is 0 Å². The number of nitro groups is 1. The molecule has 6 heteroatoms. The molecule has 0 amide bonds. The average molecular weight is 279 g/mol. The van der Waals surface area contributed by atoms with Gasteiger partial charge in [0.15, 0.2) is 0 Å². The SMILES string of the molecule is O=[N+]([O-])c1cc(F)ccc1C=Nc1ccc(Cl)cc1. The Morgan fingerprint density at radius 1 is 1.21 bits per heavy atom. The number of nitro benzene ring substituents is 1. The maximum absolute atomic E-state index is 13.0. The summed E-state index contributed by atoms with van der Waals surface area (Å²) in [5.74, 6) is -0.657. The Kier molecular flexibility index (Phi) is 3.87. The molecule has 2 rings (SSSR count). The van der Waals surface area contributed by atoms with Gasteiger partial charge in [0.2, 0.25) is 0 Å². The Morgan fingerprint density at radius 3 is 2.53 bits per heavy atom. The van der Waals surface area contributed by atoms with Crippen LogP contribution in [0, 0.1) is 15.9 Å². The number of hydrogen-bond donors (Lipinski definition) is 0. The van der Waals surface area contributed by atoms with Crippen LogP contribution in [0.15, 0.2) is 47.5 Å². The second-order valence-electron chi connectivity index (χ2n) is 3.69. The molecule has 0 aromatic heterocycles. The lowest BCUT2D eigenvalue weighted by Gasteiger charge is -1.98. The minimum absolute atomic E-state index is 0.237. The normalized spacial score (nSPS) is 10.8. The van der Waals surface area contributed by atoms with Crippen molar-refractivity contribution in [2.24, 2.45) is 4.99 Å². The van der Waals surface area contributed by atoms with Crippen LogP contribution in [0.5, 0.6) is 0 Å². The minimum atomic E-state index is -0.657. The summed E-state index contributed by atoms with van der Waals surface area (Å²) in [5, 5.41) is 11.4. The first-order valence-electron chi connectivity index (χ1n) is 5.30. The maximum atomic E-state index is 13.0. The largest absolute Gasteiger partial charge is 0.281 e. The summed E-state index contributed by atoms with van der Waals surface area (Å²) in [6, 6.07) is 10.00. The van der Waals surface area contributed by atoms with Gasteiger partial charge >= 0.3 is 0 Å². The molecule has 0 spiro atoms. The Morgan fingerprint density at radius 2 is 1.89 bits per heavy atom. The zero-order valence-electron chi connectivity index (χ0n) is 9.59. The van der Waals surface area contributed by atoms with Crippen LogP contribution < -0.4 is 0 Å². The predicted molar refractivity (Wildman–Crippen MR) is 71.8 cm³/mol. The monoisotopic (exact) mass is 278 g/mol. The highest BCUT2D eigenvalue weighted by Crippen LogP contribution is 2.20. The van der Waals surface area contributed by atoms with Crippen LogP contribution in [0.1, 0.15) is 5.56 Å². The van der Waals surface area contributed by atoms with E-state index >= 15 is 0 Å². The van der Waals surface area contributed by atoms with Crippen LogP contribution in [0.4, 0.5) is 15.8 Å². The Balaban J connectivity index is 2.32. The predicted octanol–water partition coefficient (Wildman–Crippen LogP) is 4.14. The first-order chi connectivity index (χ1) is 9.06. The molecule has 0 aliphatic rings. The molecular formula is C13H8ClFN2O2. The quantitative estimate of drug-likeness (QED) is 0.481. The molecule has 0 N–H and O–H groups in total. The second-order valence-corrected chi connectivity index (χ2v) is 4.13. The average Bonchev–Trinajstić information content (AvgIpc) is 2.39. The third kappa shape index (κ3) is 3.35. The fourth-order valence-corrected chi connectivity index (χ4v) is 1.58. The first-order valence-corrected chi connectivity index (χ1v) is 5.67. The fraction of sp³-hybridized carbons (Fsp3) is 0. The van der Waals surface area contributed by atoms with E-state index in [9.17, 15) is 14.5 Å². The summed E-state index contributed by atoms with van der Waals surface area (Å²) in [6.45, 7) is 0. The van der Waals surface area contributed by atoms with Crippen molar-refractivity contribution in [2.45, 2.75) is 0 Å². The first kappa shape index (κ1) is 13.2. The van der Waals surface area contributed by atoms with Gasteiger partial charge in [0.25, 0.3) is 5.69 Å². The van der Waals surface area contributed by atoms with E-state index in [4.69, 9.17) is 11.6 Å². The molecule has 0 radical (unpaired) electrons. The third-order valence-corrected chi connectivity index (χ3v) is 2.62. The molecule has 0 heterocycles. The van der Waals surface area contributed by atoms with E-state index in [-0.39, 0.29) is 11.3 Å². The van der Waals surface area contributed by atoms with Crippen LogP contribution >= 0.6 is 11.6 Å². The van der Waals surface area contributed by atoms with Crippen molar-refractivity contribution in [3.63, 3.8) is 0 Å². The molecule has 0 aliphatic carbocycles. The number of hydrogen-bond acceptors (Lipinski definition) is 3. The molecular weight excluding hydrogens is 271 g/mol. The van der Waals surface area contributed by atoms with E-state index in [0.29, 0.717) is 10.7 Å². The standard InChI is InChI=1S/C13H8ClFN2O2/c14-10-2-5-12(6-3-10)16-8-9-1-4-11(15)7-13(9)17(18)19/h1-8H.